The van der Waals surface area contributed by atoms with Gasteiger partial charge in [-0.3, -0.25) is 0 Å². The minimum absolute atomic E-state index is 1.000. The van der Waals surface area contributed by atoms with Crippen LogP contribution in [0.1, 0.15) is 25.0 Å². The summed E-state index contributed by atoms with van der Waals surface area (Å²) in [6.45, 7) is 6.27. The topological polar surface area (TPSA) is 0 Å². The Bertz CT molecular complexity index is 389. The van der Waals surface area contributed by atoms with Crippen molar-refractivity contribution in [3.05, 3.63) is 71.3 Å². The van der Waals surface area contributed by atoms with Gasteiger partial charge in [-0.1, -0.05) is 65.8 Å². The van der Waals surface area contributed by atoms with Gasteiger partial charge in [-0.25, -0.2) is 0 Å². The Morgan fingerprint density at radius 3 is 2.44 bits per heavy atom. The number of rotatable bonds is 4. The third kappa shape index (κ3) is 4.79. The van der Waals surface area contributed by atoms with Gasteiger partial charge >= 0.3 is 0 Å². The molecule has 16 heavy (non-hydrogen) atoms. The molecular weight excluding hydrogens is 192 g/mol. The average molecular weight is 212 g/mol. The number of aryl methyl sites for hydroxylation is 1. The molecule has 0 nitrogen and oxygen atoms in total. The molecule has 0 aliphatic rings. The first-order valence-corrected chi connectivity index (χ1v) is 5.74. The third-order valence-electron chi connectivity index (χ3n) is 2.54. The van der Waals surface area contributed by atoms with Crippen LogP contribution >= 0.6 is 0 Å². The highest BCUT2D eigenvalue weighted by Crippen LogP contribution is 2.04. The molecule has 0 atom stereocenters. The van der Waals surface area contributed by atoms with Gasteiger partial charge in [0, 0.05) is 0 Å². The van der Waals surface area contributed by atoms with Gasteiger partial charge in [0.05, 0.1) is 0 Å². The van der Waals surface area contributed by atoms with Crippen LogP contribution < -0.4 is 0 Å². The predicted molar refractivity (Wildman–Crippen MR) is 72.6 cm³/mol. The standard InChI is InChI=1S/C16H20/c1-4-14(2)8-6-5-7-9-16-12-10-15(3)11-13-16/h4-8,10-13H,9H2,1-3H3/b7-5-,8-6-,14-4+. The molecule has 0 saturated heterocycles. The Morgan fingerprint density at radius 1 is 1.12 bits per heavy atom. The van der Waals surface area contributed by atoms with Crippen molar-refractivity contribution in [2.24, 2.45) is 0 Å². The van der Waals surface area contributed by atoms with Crippen LogP contribution in [0.25, 0.3) is 0 Å². The van der Waals surface area contributed by atoms with Gasteiger partial charge in [-0.15, -0.1) is 0 Å². The minimum atomic E-state index is 1.000. The Balaban J connectivity index is 2.43. The van der Waals surface area contributed by atoms with Crippen molar-refractivity contribution in [3.8, 4) is 0 Å². The first kappa shape index (κ1) is 12.5. The lowest BCUT2D eigenvalue weighted by atomic mass is 10.1. The lowest BCUT2D eigenvalue weighted by molar-refractivity contribution is 1.26. The fourth-order valence-corrected chi connectivity index (χ4v) is 1.31. The summed E-state index contributed by atoms with van der Waals surface area (Å²) in [6, 6.07) is 8.67. The maximum atomic E-state index is 2.18. The van der Waals surface area contributed by atoms with Gasteiger partial charge in [0.2, 0.25) is 0 Å². The summed E-state index contributed by atoms with van der Waals surface area (Å²) in [6.07, 6.45) is 11.6. The van der Waals surface area contributed by atoms with Crippen LogP contribution in [-0.4, -0.2) is 0 Å². The molecule has 1 aromatic carbocycles. The van der Waals surface area contributed by atoms with E-state index in [9.17, 15) is 0 Å². The smallest absolute Gasteiger partial charge is 0.00943 e. The number of hydrogen-bond donors (Lipinski definition) is 0. The summed E-state index contributed by atoms with van der Waals surface area (Å²) < 4.78 is 0. The van der Waals surface area contributed by atoms with Crippen LogP contribution in [0.4, 0.5) is 0 Å². The molecule has 1 rings (SSSR count). The fourth-order valence-electron chi connectivity index (χ4n) is 1.31. The van der Waals surface area contributed by atoms with E-state index in [2.05, 4.69) is 75.4 Å². The highest BCUT2D eigenvalue weighted by molar-refractivity contribution is 5.24. The lowest BCUT2D eigenvalue weighted by Gasteiger charge is -1.96. The summed E-state index contributed by atoms with van der Waals surface area (Å²) in [5.41, 5.74) is 3.97. The van der Waals surface area contributed by atoms with E-state index >= 15 is 0 Å². The van der Waals surface area contributed by atoms with Gasteiger partial charge in [-0.2, -0.15) is 0 Å². The second kappa shape index (κ2) is 6.84. The molecule has 1 aromatic rings. The van der Waals surface area contributed by atoms with Crippen LogP contribution in [0.3, 0.4) is 0 Å². The van der Waals surface area contributed by atoms with Crippen molar-refractivity contribution in [3.63, 3.8) is 0 Å². The van der Waals surface area contributed by atoms with Crippen LogP contribution in [-0.2, 0) is 6.42 Å². The van der Waals surface area contributed by atoms with Crippen LogP contribution in [0.15, 0.2) is 60.2 Å². The van der Waals surface area contributed by atoms with E-state index in [0.29, 0.717) is 0 Å². The van der Waals surface area contributed by atoms with Crippen molar-refractivity contribution in [1.82, 2.24) is 0 Å². The first-order chi connectivity index (χ1) is 7.72. The highest BCUT2D eigenvalue weighted by atomic mass is 13.9. The van der Waals surface area contributed by atoms with Gasteiger partial charge in [-0.05, 0) is 32.8 Å². The zero-order valence-electron chi connectivity index (χ0n) is 10.4. The second-order valence-electron chi connectivity index (χ2n) is 4.01. The van der Waals surface area contributed by atoms with Crippen LogP contribution in [0.2, 0.25) is 0 Å². The van der Waals surface area contributed by atoms with Gasteiger partial charge in [0.15, 0.2) is 0 Å². The molecule has 0 aliphatic heterocycles. The van der Waals surface area contributed by atoms with E-state index < -0.39 is 0 Å². The van der Waals surface area contributed by atoms with Crippen LogP contribution in [0, 0.1) is 6.92 Å². The van der Waals surface area contributed by atoms with E-state index in [1.807, 2.05) is 0 Å². The zero-order chi connectivity index (χ0) is 11.8. The summed E-state index contributed by atoms with van der Waals surface area (Å²) in [4.78, 5) is 0. The van der Waals surface area contributed by atoms with Crippen molar-refractivity contribution in [2.75, 3.05) is 0 Å². The molecule has 0 amide bonds. The third-order valence-corrected chi connectivity index (χ3v) is 2.54. The Hall–Kier alpha value is -1.56. The largest absolute Gasteiger partial charge is 0.0847 e. The maximum absolute atomic E-state index is 2.18. The Morgan fingerprint density at radius 2 is 1.81 bits per heavy atom. The molecule has 0 radical (unpaired) electrons. The second-order valence-corrected chi connectivity index (χ2v) is 4.01. The quantitative estimate of drug-likeness (QED) is 0.639. The Labute approximate surface area is 99.0 Å². The molecule has 0 fully saturated rings. The molecule has 84 valence electrons. The first-order valence-electron chi connectivity index (χ1n) is 5.74. The summed E-state index contributed by atoms with van der Waals surface area (Å²) in [7, 11) is 0. The predicted octanol–water partition coefficient (Wildman–Crippen LogP) is 4.62. The molecule has 0 heterocycles. The van der Waals surface area contributed by atoms with Crippen molar-refractivity contribution >= 4 is 0 Å². The number of benzene rings is 1. The van der Waals surface area contributed by atoms with Crippen molar-refractivity contribution in [1.29, 1.82) is 0 Å². The monoisotopic (exact) mass is 212 g/mol. The molecule has 0 heteroatoms. The summed E-state index contributed by atoms with van der Waals surface area (Å²) >= 11 is 0. The molecular formula is C16H20. The summed E-state index contributed by atoms with van der Waals surface area (Å²) in [5, 5.41) is 0. The Kier molecular flexibility index (Phi) is 5.35. The molecule has 0 unspecified atom stereocenters. The van der Waals surface area contributed by atoms with Crippen LogP contribution in [0.5, 0.6) is 0 Å². The fraction of sp³-hybridized carbons (Fsp3) is 0.250. The highest BCUT2D eigenvalue weighted by Gasteiger charge is 1.87. The van der Waals surface area contributed by atoms with Gasteiger partial charge in [0.1, 0.15) is 0 Å². The van der Waals surface area contributed by atoms with E-state index in [0.717, 1.165) is 6.42 Å². The molecule has 0 N–H and O–H groups in total. The summed E-state index contributed by atoms with van der Waals surface area (Å²) in [5.74, 6) is 0. The SMILES string of the molecule is C/C=C(C)/C=C\C=C/Cc1ccc(C)cc1. The lowest BCUT2D eigenvalue weighted by Crippen LogP contribution is -1.80. The molecule has 0 aromatic heterocycles. The number of allylic oxidation sites excluding steroid dienone is 6. The molecule has 0 bridgehead atoms. The van der Waals surface area contributed by atoms with E-state index in [4.69, 9.17) is 0 Å². The molecule has 0 spiro atoms. The van der Waals surface area contributed by atoms with E-state index in [1.165, 1.54) is 16.7 Å². The average Bonchev–Trinajstić information content (AvgIpc) is 2.31. The zero-order valence-corrected chi connectivity index (χ0v) is 10.4. The van der Waals surface area contributed by atoms with Gasteiger partial charge in [0.25, 0.3) is 0 Å². The normalized spacial score (nSPS) is 12.8. The van der Waals surface area contributed by atoms with E-state index in [-0.39, 0.29) is 0 Å². The molecule has 0 aliphatic carbocycles. The number of hydrogen-bond acceptors (Lipinski definition) is 0. The molecule has 0 saturated carbocycles. The maximum Gasteiger partial charge on any atom is -0.00943 e. The van der Waals surface area contributed by atoms with Gasteiger partial charge < -0.3 is 0 Å². The van der Waals surface area contributed by atoms with Crippen molar-refractivity contribution in [2.45, 2.75) is 27.2 Å². The van der Waals surface area contributed by atoms with E-state index in [1.54, 1.807) is 0 Å². The minimum Gasteiger partial charge on any atom is -0.0847 e. The van der Waals surface area contributed by atoms with Crippen molar-refractivity contribution < 1.29 is 0 Å².